The number of amides is 1. The molecule has 0 atom stereocenters. The Hall–Kier alpha value is -4.44. The molecule has 0 bridgehead atoms. The van der Waals surface area contributed by atoms with Gasteiger partial charge < -0.3 is 15.0 Å². The number of fused-ring (bicyclic) bond motifs is 1. The molecule has 10 heteroatoms. The van der Waals surface area contributed by atoms with Gasteiger partial charge in [0.2, 0.25) is 5.43 Å². The molecule has 1 amide bonds. The van der Waals surface area contributed by atoms with Gasteiger partial charge in [-0.15, -0.1) is 0 Å². The fourth-order valence-electron chi connectivity index (χ4n) is 3.93. The van der Waals surface area contributed by atoms with Crippen LogP contribution in [0.5, 0.6) is 11.5 Å². The molecule has 2 N–H and O–H groups in total. The van der Waals surface area contributed by atoms with Gasteiger partial charge in [0.15, 0.2) is 17.3 Å². The highest BCUT2D eigenvalue weighted by atomic mass is 79.9. The van der Waals surface area contributed by atoms with Crippen molar-refractivity contribution in [3.8, 4) is 22.6 Å². The molecule has 0 saturated carbocycles. The topological polar surface area (TPSA) is 97.0 Å². The van der Waals surface area contributed by atoms with E-state index in [2.05, 4.69) is 36.2 Å². The first-order chi connectivity index (χ1) is 18.2. The van der Waals surface area contributed by atoms with Crippen molar-refractivity contribution in [1.82, 2.24) is 15.0 Å². The average Bonchev–Trinajstić information content (AvgIpc) is 2.88. The van der Waals surface area contributed by atoms with Crippen LogP contribution in [0.3, 0.4) is 0 Å². The number of benzene rings is 2. The normalized spacial score (nSPS) is 11.0. The Balaban J connectivity index is 1.40. The van der Waals surface area contributed by atoms with Crippen LogP contribution >= 0.6 is 15.9 Å². The predicted molar refractivity (Wildman–Crippen MR) is 144 cm³/mol. The first kappa shape index (κ1) is 25.2. The fraction of sp³-hybridized carbons (Fsp3) is 0.0714. The number of aryl methyl sites for hydroxylation is 2. The van der Waals surface area contributed by atoms with Gasteiger partial charge in [0.1, 0.15) is 16.9 Å². The number of rotatable bonds is 5. The molecule has 0 fully saturated rings. The molecule has 0 unspecified atom stereocenters. The van der Waals surface area contributed by atoms with Gasteiger partial charge in [-0.1, -0.05) is 12.1 Å². The van der Waals surface area contributed by atoms with Crippen molar-refractivity contribution in [2.24, 2.45) is 0 Å². The van der Waals surface area contributed by atoms with E-state index in [1.54, 1.807) is 19.1 Å². The molecule has 0 aliphatic heterocycles. The third-order valence-corrected chi connectivity index (χ3v) is 6.67. The number of nitrogens with zero attached hydrogens (tertiary/aromatic N) is 2. The molecule has 2 aromatic carbocycles. The van der Waals surface area contributed by atoms with Crippen LogP contribution in [0, 0.1) is 25.5 Å². The Bertz CT molecular complexity index is 1770. The second-order valence-corrected chi connectivity index (χ2v) is 9.33. The van der Waals surface area contributed by atoms with E-state index >= 15 is 0 Å². The van der Waals surface area contributed by atoms with Gasteiger partial charge in [-0.2, -0.15) is 0 Å². The van der Waals surface area contributed by atoms with Crippen LogP contribution in [0.1, 0.15) is 21.7 Å². The van der Waals surface area contributed by atoms with Gasteiger partial charge in [-0.05, 0) is 65.7 Å². The van der Waals surface area contributed by atoms with Gasteiger partial charge in [0.05, 0.1) is 11.2 Å². The highest BCUT2D eigenvalue weighted by Crippen LogP contribution is 2.32. The van der Waals surface area contributed by atoms with E-state index in [0.29, 0.717) is 28.0 Å². The van der Waals surface area contributed by atoms with Crippen LogP contribution < -0.4 is 15.5 Å². The second kappa shape index (κ2) is 10.1. The van der Waals surface area contributed by atoms with Gasteiger partial charge in [-0.3, -0.25) is 14.6 Å². The van der Waals surface area contributed by atoms with Crippen LogP contribution in [0.2, 0.25) is 0 Å². The lowest BCUT2D eigenvalue weighted by Gasteiger charge is -2.12. The van der Waals surface area contributed by atoms with E-state index in [1.165, 1.54) is 48.8 Å². The van der Waals surface area contributed by atoms with Crippen LogP contribution in [-0.2, 0) is 0 Å². The molecule has 0 saturated heterocycles. The Labute approximate surface area is 223 Å². The maximum Gasteiger partial charge on any atom is 0.261 e. The number of hydrogen-bond donors (Lipinski definition) is 2. The summed E-state index contributed by atoms with van der Waals surface area (Å²) in [4.78, 5) is 37.7. The molecule has 0 spiro atoms. The maximum atomic E-state index is 15.0. The summed E-state index contributed by atoms with van der Waals surface area (Å²) in [6, 6.07) is 12.7. The molecule has 38 heavy (non-hydrogen) atoms. The zero-order valence-corrected chi connectivity index (χ0v) is 21.7. The number of hydrogen-bond acceptors (Lipinski definition) is 5. The van der Waals surface area contributed by atoms with Crippen LogP contribution in [0.15, 0.2) is 76.3 Å². The standard InChI is InChI=1S/C28H19BrF2N4O3/c1-14-20(29)12-22-26(34-14)24(9-10-32-22)38-23-8-7-18(11-21(23)31)35-28(37)19-13-33-15(2)25(27(19)36)16-3-5-17(30)6-4-16/h3-13H,1-2H3,(H,33,36)(H,35,37). The minimum absolute atomic E-state index is 0.0790. The van der Waals surface area contributed by atoms with Crippen molar-refractivity contribution in [3.05, 3.63) is 110 Å². The van der Waals surface area contributed by atoms with E-state index in [0.717, 1.165) is 16.2 Å². The third-order valence-electron chi connectivity index (χ3n) is 5.87. The molecule has 190 valence electrons. The molecule has 5 rings (SSSR count). The minimum Gasteiger partial charge on any atom is -0.452 e. The highest BCUT2D eigenvalue weighted by molar-refractivity contribution is 9.10. The molecule has 3 heterocycles. The van der Waals surface area contributed by atoms with Crippen LogP contribution in [0.25, 0.3) is 22.2 Å². The quantitative estimate of drug-likeness (QED) is 0.243. The van der Waals surface area contributed by atoms with Crippen molar-refractivity contribution in [1.29, 1.82) is 0 Å². The molecular weight excluding hydrogens is 558 g/mol. The number of aromatic nitrogens is 3. The molecule has 0 radical (unpaired) electrons. The van der Waals surface area contributed by atoms with E-state index < -0.39 is 23.0 Å². The predicted octanol–water partition coefficient (Wildman–Crippen LogP) is 6.69. The molecule has 0 aliphatic rings. The lowest BCUT2D eigenvalue weighted by molar-refractivity contribution is 0.102. The Kier molecular flexibility index (Phi) is 6.73. The van der Waals surface area contributed by atoms with Gasteiger partial charge >= 0.3 is 0 Å². The van der Waals surface area contributed by atoms with Gasteiger partial charge in [0, 0.05) is 45.9 Å². The number of anilines is 1. The van der Waals surface area contributed by atoms with Gasteiger partial charge in [-0.25, -0.2) is 13.8 Å². The van der Waals surface area contributed by atoms with Gasteiger partial charge in [0.25, 0.3) is 5.91 Å². The monoisotopic (exact) mass is 576 g/mol. The molecule has 3 aromatic heterocycles. The number of aromatic amines is 1. The summed E-state index contributed by atoms with van der Waals surface area (Å²) in [6.07, 6.45) is 2.82. The Morgan fingerprint density at radius 3 is 2.53 bits per heavy atom. The first-order valence-electron chi connectivity index (χ1n) is 11.4. The summed E-state index contributed by atoms with van der Waals surface area (Å²) in [7, 11) is 0. The minimum atomic E-state index is -0.730. The Morgan fingerprint density at radius 2 is 1.79 bits per heavy atom. The number of pyridine rings is 3. The SMILES string of the molecule is Cc1nc2c(Oc3ccc(NC(=O)c4c[nH]c(C)c(-c5ccc(F)cc5)c4=O)cc3F)ccnc2cc1Br. The molecular formula is C28H19BrF2N4O3. The second-order valence-electron chi connectivity index (χ2n) is 8.47. The number of nitrogens with one attached hydrogen (secondary N) is 2. The zero-order chi connectivity index (χ0) is 27.0. The summed E-state index contributed by atoms with van der Waals surface area (Å²) in [5.74, 6) is -1.66. The summed E-state index contributed by atoms with van der Waals surface area (Å²) in [6.45, 7) is 3.50. The first-order valence-corrected chi connectivity index (χ1v) is 12.2. The molecule has 5 aromatic rings. The summed E-state index contributed by atoms with van der Waals surface area (Å²) < 4.78 is 34.9. The van der Waals surface area contributed by atoms with Crippen molar-refractivity contribution >= 4 is 38.6 Å². The highest BCUT2D eigenvalue weighted by Gasteiger charge is 2.18. The maximum absolute atomic E-state index is 15.0. The average molecular weight is 577 g/mol. The largest absolute Gasteiger partial charge is 0.452 e. The van der Waals surface area contributed by atoms with Crippen molar-refractivity contribution in [2.75, 3.05) is 5.32 Å². The van der Waals surface area contributed by atoms with Crippen molar-refractivity contribution in [2.45, 2.75) is 13.8 Å². The summed E-state index contributed by atoms with van der Waals surface area (Å²) >= 11 is 3.42. The smallest absolute Gasteiger partial charge is 0.261 e. The summed E-state index contributed by atoms with van der Waals surface area (Å²) in [5.41, 5.74) is 2.42. The zero-order valence-electron chi connectivity index (χ0n) is 20.1. The Morgan fingerprint density at radius 1 is 1.03 bits per heavy atom. The third kappa shape index (κ3) is 4.90. The fourth-order valence-corrected chi connectivity index (χ4v) is 4.24. The lowest BCUT2D eigenvalue weighted by Crippen LogP contribution is -2.23. The van der Waals surface area contributed by atoms with E-state index in [-0.39, 0.29) is 22.6 Å². The molecule has 0 aliphatic carbocycles. The van der Waals surface area contributed by atoms with E-state index in [4.69, 9.17) is 4.74 Å². The number of carbonyl (C=O) groups is 1. The number of carbonyl (C=O) groups excluding carboxylic acids is 1. The van der Waals surface area contributed by atoms with Crippen LogP contribution in [-0.4, -0.2) is 20.9 Å². The van der Waals surface area contributed by atoms with Crippen LogP contribution in [0.4, 0.5) is 14.5 Å². The summed E-state index contributed by atoms with van der Waals surface area (Å²) in [5, 5.41) is 2.54. The number of ether oxygens (including phenoxy) is 1. The number of halogens is 3. The van der Waals surface area contributed by atoms with E-state index in [9.17, 15) is 18.4 Å². The lowest BCUT2D eigenvalue weighted by atomic mass is 10.0. The van der Waals surface area contributed by atoms with E-state index in [1.807, 2.05) is 6.92 Å². The van der Waals surface area contributed by atoms with Crippen molar-refractivity contribution in [3.63, 3.8) is 0 Å². The molecule has 7 nitrogen and oxygen atoms in total. The number of H-pyrrole nitrogens is 1. The van der Waals surface area contributed by atoms with Crippen molar-refractivity contribution < 1.29 is 18.3 Å².